The maximum absolute atomic E-state index is 13.8. The Bertz CT molecular complexity index is 538. The summed E-state index contributed by atoms with van der Waals surface area (Å²) >= 11 is 0. The summed E-state index contributed by atoms with van der Waals surface area (Å²) in [7, 11) is 0. The number of rotatable bonds is 4. The van der Waals surface area contributed by atoms with Gasteiger partial charge < -0.3 is 4.90 Å². The van der Waals surface area contributed by atoms with Crippen LogP contribution in [-0.4, -0.2) is 18.2 Å². The zero-order chi connectivity index (χ0) is 14.2. The summed E-state index contributed by atoms with van der Waals surface area (Å²) in [4.78, 5) is 24.7. The fourth-order valence-corrected chi connectivity index (χ4v) is 2.33. The number of hydrogen-bond donors (Lipinski definition) is 0. The van der Waals surface area contributed by atoms with Gasteiger partial charge in [0.15, 0.2) is 0 Å². The Morgan fingerprint density at radius 3 is 2.26 bits per heavy atom. The number of halogens is 2. The largest absolute Gasteiger partial charge is 0.302 e. The molecular weight excluding hydrogens is 252 g/mol. The van der Waals surface area contributed by atoms with E-state index in [9.17, 15) is 18.4 Å². The van der Waals surface area contributed by atoms with E-state index < -0.39 is 28.9 Å². The molecule has 0 saturated carbocycles. The minimum absolute atomic E-state index is 0.158. The third-order valence-corrected chi connectivity index (χ3v) is 3.61. The van der Waals surface area contributed by atoms with Crippen LogP contribution in [0.5, 0.6) is 0 Å². The molecule has 2 rings (SSSR count). The first-order valence-electron chi connectivity index (χ1n) is 6.35. The molecule has 0 fully saturated rings. The van der Waals surface area contributed by atoms with E-state index in [1.165, 1.54) is 0 Å². The highest BCUT2D eigenvalue weighted by Gasteiger charge is 2.40. The molecule has 0 unspecified atom stereocenters. The van der Waals surface area contributed by atoms with Crippen molar-refractivity contribution in [2.75, 3.05) is 11.4 Å². The lowest BCUT2D eigenvalue weighted by atomic mass is 10.0. The smallest absolute Gasteiger partial charge is 0.299 e. The summed E-state index contributed by atoms with van der Waals surface area (Å²) in [5.74, 6) is -3.22. The van der Waals surface area contributed by atoms with Crippen molar-refractivity contribution in [2.45, 2.75) is 26.7 Å². The Morgan fingerprint density at radius 2 is 1.68 bits per heavy atom. The molecule has 0 radical (unpaired) electrons. The molecule has 0 aliphatic carbocycles. The quantitative estimate of drug-likeness (QED) is 0.786. The summed E-state index contributed by atoms with van der Waals surface area (Å²) < 4.78 is 27.4. The molecular formula is C14H15F2NO2. The van der Waals surface area contributed by atoms with Gasteiger partial charge in [-0.2, -0.15) is 0 Å². The molecule has 102 valence electrons. The molecule has 19 heavy (non-hydrogen) atoms. The van der Waals surface area contributed by atoms with Gasteiger partial charge in [-0.3, -0.25) is 9.59 Å². The Labute approximate surface area is 110 Å². The van der Waals surface area contributed by atoms with Gasteiger partial charge in [0.05, 0.1) is 11.3 Å². The Hall–Kier alpha value is -1.78. The monoisotopic (exact) mass is 267 g/mol. The van der Waals surface area contributed by atoms with Gasteiger partial charge in [-0.05, 0) is 18.1 Å². The third-order valence-electron chi connectivity index (χ3n) is 3.61. The van der Waals surface area contributed by atoms with Crippen molar-refractivity contribution in [1.29, 1.82) is 0 Å². The molecule has 5 heteroatoms. The molecule has 0 bridgehead atoms. The standard InChI is InChI=1S/C14H15F2NO2/c1-3-8(4-2)7-17-12-10(16)6-5-9(15)11(12)13(18)14(17)19/h5-6,8H,3-4,7H2,1-2H3. The lowest BCUT2D eigenvalue weighted by Crippen LogP contribution is -2.34. The summed E-state index contributed by atoms with van der Waals surface area (Å²) in [6.07, 6.45) is 1.61. The summed E-state index contributed by atoms with van der Waals surface area (Å²) in [5.41, 5.74) is -0.641. The van der Waals surface area contributed by atoms with E-state index in [2.05, 4.69) is 0 Å². The number of nitrogens with zero attached hydrogens (tertiary/aromatic N) is 1. The normalized spacial score (nSPS) is 14.5. The van der Waals surface area contributed by atoms with Crippen LogP contribution in [0.4, 0.5) is 14.5 Å². The fraction of sp³-hybridized carbons (Fsp3) is 0.429. The highest BCUT2D eigenvalue weighted by molar-refractivity contribution is 6.52. The number of anilines is 1. The van der Waals surface area contributed by atoms with Crippen LogP contribution in [0.25, 0.3) is 0 Å². The molecule has 1 aliphatic heterocycles. The van der Waals surface area contributed by atoms with E-state index in [0.717, 1.165) is 29.9 Å². The zero-order valence-electron chi connectivity index (χ0n) is 10.9. The van der Waals surface area contributed by atoms with Crippen molar-refractivity contribution < 1.29 is 18.4 Å². The van der Waals surface area contributed by atoms with Crippen LogP contribution < -0.4 is 4.90 Å². The number of ketones is 1. The first-order valence-corrected chi connectivity index (χ1v) is 6.35. The van der Waals surface area contributed by atoms with E-state index in [0.29, 0.717) is 0 Å². The molecule has 1 aromatic carbocycles. The summed E-state index contributed by atoms with van der Waals surface area (Å²) in [6.45, 7) is 4.16. The minimum atomic E-state index is -0.960. The Morgan fingerprint density at radius 1 is 1.11 bits per heavy atom. The first-order chi connectivity index (χ1) is 9.01. The van der Waals surface area contributed by atoms with Crippen molar-refractivity contribution in [3.8, 4) is 0 Å². The number of Topliss-reactive ketones (excluding diaryl/α,β-unsaturated/α-hetero) is 1. The van der Waals surface area contributed by atoms with Gasteiger partial charge >= 0.3 is 0 Å². The maximum atomic E-state index is 13.8. The first kappa shape index (κ1) is 13.6. The van der Waals surface area contributed by atoms with Crippen LogP contribution in [0.2, 0.25) is 0 Å². The van der Waals surface area contributed by atoms with Gasteiger partial charge in [0.25, 0.3) is 11.7 Å². The van der Waals surface area contributed by atoms with Crippen LogP contribution in [-0.2, 0) is 4.79 Å². The molecule has 1 heterocycles. The lowest BCUT2D eigenvalue weighted by molar-refractivity contribution is -0.114. The summed E-state index contributed by atoms with van der Waals surface area (Å²) in [5, 5.41) is 0. The molecule has 0 aromatic heterocycles. The molecule has 1 aliphatic rings. The van der Waals surface area contributed by atoms with Gasteiger partial charge in [-0.25, -0.2) is 8.78 Å². The van der Waals surface area contributed by atoms with Crippen LogP contribution in [0.1, 0.15) is 37.0 Å². The molecule has 0 atom stereocenters. The molecule has 1 aromatic rings. The Kier molecular flexibility index (Phi) is 3.64. The molecule has 3 nitrogen and oxygen atoms in total. The van der Waals surface area contributed by atoms with Crippen molar-refractivity contribution >= 4 is 17.4 Å². The van der Waals surface area contributed by atoms with Gasteiger partial charge in [-0.15, -0.1) is 0 Å². The molecule has 0 saturated heterocycles. The number of fused-ring (bicyclic) bond motifs is 1. The number of hydrogen-bond acceptors (Lipinski definition) is 2. The van der Waals surface area contributed by atoms with Crippen molar-refractivity contribution in [1.82, 2.24) is 0 Å². The van der Waals surface area contributed by atoms with E-state index in [1.807, 2.05) is 13.8 Å². The number of benzene rings is 1. The Balaban J connectivity index is 2.47. The fourth-order valence-electron chi connectivity index (χ4n) is 2.33. The van der Waals surface area contributed by atoms with Crippen LogP contribution in [0.15, 0.2) is 12.1 Å². The van der Waals surface area contributed by atoms with Crippen molar-refractivity contribution in [3.05, 3.63) is 29.3 Å². The topological polar surface area (TPSA) is 37.4 Å². The van der Waals surface area contributed by atoms with Gasteiger partial charge in [0.1, 0.15) is 11.6 Å². The maximum Gasteiger partial charge on any atom is 0.299 e. The SMILES string of the molecule is CCC(CC)CN1C(=O)C(=O)c2c(F)ccc(F)c21. The van der Waals surface area contributed by atoms with Gasteiger partial charge in [0, 0.05) is 6.54 Å². The second-order valence-corrected chi connectivity index (χ2v) is 4.68. The minimum Gasteiger partial charge on any atom is -0.302 e. The highest BCUT2D eigenvalue weighted by Crippen LogP contribution is 2.34. The predicted molar refractivity (Wildman–Crippen MR) is 67.1 cm³/mol. The average molecular weight is 267 g/mol. The molecule has 1 amide bonds. The lowest BCUT2D eigenvalue weighted by Gasteiger charge is -2.22. The third kappa shape index (κ3) is 2.13. The molecule has 0 N–H and O–H groups in total. The number of carbonyl (C=O) groups is 2. The van der Waals surface area contributed by atoms with Crippen LogP contribution in [0, 0.1) is 17.6 Å². The average Bonchev–Trinajstić information content (AvgIpc) is 2.66. The van der Waals surface area contributed by atoms with Gasteiger partial charge in [0.2, 0.25) is 0 Å². The van der Waals surface area contributed by atoms with Crippen LogP contribution >= 0.6 is 0 Å². The predicted octanol–water partition coefficient (Wildman–Crippen LogP) is 2.93. The van der Waals surface area contributed by atoms with Gasteiger partial charge in [-0.1, -0.05) is 26.7 Å². The van der Waals surface area contributed by atoms with E-state index >= 15 is 0 Å². The van der Waals surface area contributed by atoms with Crippen molar-refractivity contribution in [2.24, 2.45) is 5.92 Å². The summed E-state index contributed by atoms with van der Waals surface area (Å²) in [6, 6.07) is 1.82. The highest BCUT2D eigenvalue weighted by atomic mass is 19.1. The van der Waals surface area contributed by atoms with E-state index in [1.54, 1.807) is 0 Å². The number of amides is 1. The van der Waals surface area contributed by atoms with E-state index in [4.69, 9.17) is 0 Å². The number of carbonyl (C=O) groups excluding carboxylic acids is 2. The molecule has 0 spiro atoms. The zero-order valence-corrected chi connectivity index (χ0v) is 10.9. The van der Waals surface area contributed by atoms with E-state index in [-0.39, 0.29) is 18.2 Å². The van der Waals surface area contributed by atoms with Crippen LogP contribution in [0.3, 0.4) is 0 Å². The second-order valence-electron chi connectivity index (χ2n) is 4.68. The van der Waals surface area contributed by atoms with Crippen molar-refractivity contribution in [3.63, 3.8) is 0 Å². The second kappa shape index (κ2) is 5.07.